The largest absolute Gasteiger partial charge is 0.375 e. The minimum absolute atomic E-state index is 0.0897. The van der Waals surface area contributed by atoms with E-state index < -0.39 is 11.2 Å². The van der Waals surface area contributed by atoms with Gasteiger partial charge in [-0.05, 0) is 42.3 Å². The number of nitrogens with zero attached hydrogens (tertiary/aromatic N) is 3. The van der Waals surface area contributed by atoms with E-state index in [1.54, 1.807) is 37.4 Å². The zero-order valence-electron chi connectivity index (χ0n) is 18.5. The number of halogens is 1. The average Bonchev–Trinajstić information content (AvgIpc) is 2.88. The number of fused-ring (bicyclic) bond motifs is 2. The van der Waals surface area contributed by atoms with Gasteiger partial charge in [0, 0.05) is 22.7 Å². The number of ether oxygens (including phenoxy) is 1. The third-order valence-corrected chi connectivity index (χ3v) is 6.09. The SMILES string of the molecule is C[C@@]1(C#N)COCc2ccc(C(=O)NCc3ncc4ccc(-c5ccccc5)nc4c3F)cc21. The molecule has 5 rings (SSSR count). The van der Waals surface area contributed by atoms with Gasteiger partial charge in [-0.25, -0.2) is 9.37 Å². The molecule has 7 heteroatoms. The van der Waals surface area contributed by atoms with Gasteiger partial charge in [-0.2, -0.15) is 5.26 Å². The van der Waals surface area contributed by atoms with Crippen molar-refractivity contribution in [2.24, 2.45) is 0 Å². The Morgan fingerprint density at radius 1 is 1.21 bits per heavy atom. The van der Waals surface area contributed by atoms with E-state index in [-0.39, 0.29) is 30.3 Å². The highest BCUT2D eigenvalue weighted by molar-refractivity contribution is 5.94. The van der Waals surface area contributed by atoms with Crippen LogP contribution in [-0.4, -0.2) is 22.5 Å². The van der Waals surface area contributed by atoms with E-state index in [0.717, 1.165) is 16.7 Å². The van der Waals surface area contributed by atoms with Crippen LogP contribution in [0.1, 0.15) is 34.1 Å². The van der Waals surface area contributed by atoms with E-state index in [1.807, 2.05) is 36.4 Å². The summed E-state index contributed by atoms with van der Waals surface area (Å²) < 4.78 is 20.8. The van der Waals surface area contributed by atoms with Crippen LogP contribution in [0, 0.1) is 17.1 Å². The number of benzene rings is 2. The molecule has 0 unspecified atom stereocenters. The monoisotopic (exact) mass is 452 g/mol. The van der Waals surface area contributed by atoms with Gasteiger partial charge in [-0.1, -0.05) is 36.4 Å². The van der Waals surface area contributed by atoms with E-state index in [9.17, 15) is 10.1 Å². The highest BCUT2D eigenvalue weighted by atomic mass is 19.1. The molecule has 1 aliphatic rings. The molecule has 3 heterocycles. The summed E-state index contributed by atoms with van der Waals surface area (Å²) in [5.74, 6) is -0.933. The van der Waals surface area contributed by atoms with E-state index in [2.05, 4.69) is 21.4 Å². The second kappa shape index (κ2) is 8.65. The number of nitriles is 1. The molecule has 1 N–H and O–H groups in total. The van der Waals surface area contributed by atoms with Gasteiger partial charge in [-0.15, -0.1) is 0 Å². The molecule has 4 aromatic rings. The van der Waals surface area contributed by atoms with Gasteiger partial charge in [0.25, 0.3) is 5.91 Å². The molecule has 1 aliphatic heterocycles. The lowest BCUT2D eigenvalue weighted by atomic mass is 9.79. The molecule has 0 radical (unpaired) electrons. The van der Waals surface area contributed by atoms with Crippen LogP contribution in [0.2, 0.25) is 0 Å². The topological polar surface area (TPSA) is 87.9 Å². The number of hydrogen-bond donors (Lipinski definition) is 1. The average molecular weight is 452 g/mol. The van der Waals surface area contributed by atoms with Gasteiger partial charge in [0.2, 0.25) is 0 Å². The quantitative estimate of drug-likeness (QED) is 0.486. The summed E-state index contributed by atoms with van der Waals surface area (Å²) in [7, 11) is 0. The Morgan fingerprint density at radius 3 is 2.82 bits per heavy atom. The molecule has 1 amide bonds. The Bertz CT molecular complexity index is 1450. The molecule has 0 saturated heterocycles. The molecule has 0 saturated carbocycles. The predicted molar refractivity (Wildman–Crippen MR) is 125 cm³/mol. The second-order valence-corrected chi connectivity index (χ2v) is 8.51. The van der Waals surface area contributed by atoms with Crippen molar-refractivity contribution in [3.05, 3.63) is 95.1 Å². The first-order valence-electron chi connectivity index (χ1n) is 10.9. The fourth-order valence-corrected chi connectivity index (χ4v) is 4.14. The number of rotatable bonds is 4. The van der Waals surface area contributed by atoms with Crippen molar-refractivity contribution in [1.82, 2.24) is 15.3 Å². The number of carbonyl (C=O) groups excluding carboxylic acids is 1. The predicted octanol–water partition coefficient (Wildman–Crippen LogP) is 4.68. The molecule has 0 fully saturated rings. The van der Waals surface area contributed by atoms with Crippen LogP contribution in [0.4, 0.5) is 4.39 Å². The maximum Gasteiger partial charge on any atom is 0.251 e. The van der Waals surface area contributed by atoms with Gasteiger partial charge in [0.15, 0.2) is 5.82 Å². The highest BCUT2D eigenvalue weighted by Crippen LogP contribution is 2.32. The Hall–Kier alpha value is -4.15. The second-order valence-electron chi connectivity index (χ2n) is 8.51. The molecule has 34 heavy (non-hydrogen) atoms. The summed E-state index contributed by atoms with van der Waals surface area (Å²) in [6.07, 6.45) is 1.55. The van der Waals surface area contributed by atoms with E-state index in [1.165, 1.54) is 0 Å². The fraction of sp³-hybridized carbons (Fsp3) is 0.185. The molecular formula is C27H21FN4O2. The standard InChI is InChI=1S/C27H21FN4O2/c1-27(15-29)16-34-14-20-8-7-18(11-21(20)27)26(33)31-13-23-24(28)25-19(12-30-23)9-10-22(32-25)17-5-3-2-4-6-17/h2-12H,13-14,16H2,1H3,(H,31,33)/t27-/m1/s1. The van der Waals surface area contributed by atoms with Crippen molar-refractivity contribution in [3.63, 3.8) is 0 Å². The Labute approximate surface area is 196 Å². The maximum absolute atomic E-state index is 15.3. The number of hydrogen-bond acceptors (Lipinski definition) is 5. The Kier molecular flexibility index (Phi) is 5.52. The van der Waals surface area contributed by atoms with Crippen molar-refractivity contribution in [1.29, 1.82) is 5.26 Å². The molecule has 1 atom stereocenters. The third kappa shape index (κ3) is 3.89. The summed E-state index contributed by atoms with van der Waals surface area (Å²) in [6.45, 7) is 2.37. The number of pyridine rings is 2. The Balaban J connectivity index is 1.39. The lowest BCUT2D eigenvalue weighted by molar-refractivity contribution is 0.0757. The highest BCUT2D eigenvalue weighted by Gasteiger charge is 2.33. The van der Waals surface area contributed by atoms with Crippen molar-refractivity contribution >= 4 is 16.8 Å². The van der Waals surface area contributed by atoms with Crippen LogP contribution in [0.15, 0.2) is 66.9 Å². The van der Waals surface area contributed by atoms with Gasteiger partial charge in [0.1, 0.15) is 10.9 Å². The van der Waals surface area contributed by atoms with E-state index in [4.69, 9.17) is 4.74 Å². The first kappa shape index (κ1) is 21.7. The van der Waals surface area contributed by atoms with Gasteiger partial charge in [-0.3, -0.25) is 9.78 Å². The molecule has 2 aromatic heterocycles. The van der Waals surface area contributed by atoms with Crippen molar-refractivity contribution in [3.8, 4) is 17.3 Å². The summed E-state index contributed by atoms with van der Waals surface area (Å²) in [6, 6.07) is 20.6. The summed E-state index contributed by atoms with van der Waals surface area (Å²) >= 11 is 0. The van der Waals surface area contributed by atoms with Crippen LogP contribution >= 0.6 is 0 Å². The smallest absolute Gasteiger partial charge is 0.251 e. The van der Waals surface area contributed by atoms with Crippen LogP contribution < -0.4 is 5.32 Å². The number of aromatic nitrogens is 2. The summed E-state index contributed by atoms with van der Waals surface area (Å²) in [5.41, 5.74) is 3.09. The zero-order valence-corrected chi connectivity index (χ0v) is 18.5. The molecule has 168 valence electrons. The van der Waals surface area contributed by atoms with Gasteiger partial charge in [0.05, 0.1) is 37.2 Å². The van der Waals surface area contributed by atoms with Crippen LogP contribution in [-0.2, 0) is 23.3 Å². The molecule has 0 bridgehead atoms. The fourth-order valence-electron chi connectivity index (χ4n) is 4.14. The third-order valence-electron chi connectivity index (χ3n) is 6.09. The first-order valence-corrected chi connectivity index (χ1v) is 10.9. The molecule has 0 spiro atoms. The van der Waals surface area contributed by atoms with E-state index in [0.29, 0.717) is 23.3 Å². The lowest BCUT2D eigenvalue weighted by Gasteiger charge is -2.30. The van der Waals surface area contributed by atoms with Gasteiger partial charge >= 0.3 is 0 Å². The zero-order chi connectivity index (χ0) is 23.7. The summed E-state index contributed by atoms with van der Waals surface area (Å²) in [5, 5.41) is 12.9. The Morgan fingerprint density at radius 2 is 2.03 bits per heavy atom. The molecular weight excluding hydrogens is 431 g/mol. The normalized spacial score (nSPS) is 17.1. The number of amides is 1. The minimum atomic E-state index is -0.821. The van der Waals surface area contributed by atoms with Crippen molar-refractivity contribution in [2.75, 3.05) is 6.61 Å². The van der Waals surface area contributed by atoms with Crippen molar-refractivity contribution < 1.29 is 13.9 Å². The minimum Gasteiger partial charge on any atom is -0.375 e. The van der Waals surface area contributed by atoms with Crippen LogP contribution in [0.25, 0.3) is 22.2 Å². The first-order chi connectivity index (χ1) is 16.5. The molecule has 0 aliphatic carbocycles. The lowest BCUT2D eigenvalue weighted by Crippen LogP contribution is -2.33. The van der Waals surface area contributed by atoms with E-state index >= 15 is 4.39 Å². The maximum atomic E-state index is 15.3. The van der Waals surface area contributed by atoms with Crippen LogP contribution in [0.3, 0.4) is 0 Å². The van der Waals surface area contributed by atoms with Crippen molar-refractivity contribution in [2.45, 2.75) is 25.5 Å². The molecule has 6 nitrogen and oxygen atoms in total. The summed E-state index contributed by atoms with van der Waals surface area (Å²) in [4.78, 5) is 21.5. The molecule has 2 aromatic carbocycles. The van der Waals surface area contributed by atoms with Crippen LogP contribution in [0.5, 0.6) is 0 Å². The number of carbonyl (C=O) groups is 1. The number of nitrogens with one attached hydrogen (secondary N) is 1. The van der Waals surface area contributed by atoms with Gasteiger partial charge < -0.3 is 10.1 Å².